The van der Waals surface area contributed by atoms with E-state index in [1.54, 1.807) is 6.92 Å². The van der Waals surface area contributed by atoms with Gasteiger partial charge in [-0.15, -0.1) is 12.6 Å². The van der Waals surface area contributed by atoms with Gasteiger partial charge in [-0.05, 0) is 24.6 Å². The van der Waals surface area contributed by atoms with E-state index in [-0.39, 0.29) is 12.4 Å². The number of aliphatic imine (C=N–C) groups is 1. The van der Waals surface area contributed by atoms with Crippen LogP contribution in [0.4, 0.5) is 5.69 Å². The standard InChI is InChI=1S/C17H17NO2S/c1-2-20-17(19)12-15(13-8-4-3-5-9-13)18-14-10-6-7-11-16(14)21/h3-11,21H,2,12H2,1H3. The third-order valence-electron chi connectivity index (χ3n) is 2.86. The van der Waals surface area contributed by atoms with Crippen molar-refractivity contribution in [3.05, 3.63) is 60.2 Å². The van der Waals surface area contributed by atoms with Gasteiger partial charge in [-0.25, -0.2) is 0 Å². The maximum atomic E-state index is 11.8. The first-order valence-electron chi connectivity index (χ1n) is 6.77. The number of carbonyl (C=O) groups is 1. The third kappa shape index (κ3) is 4.46. The lowest BCUT2D eigenvalue weighted by molar-refractivity contribution is -0.141. The summed E-state index contributed by atoms with van der Waals surface area (Å²) in [5.41, 5.74) is 2.32. The lowest BCUT2D eigenvalue weighted by Crippen LogP contribution is -2.12. The normalized spacial score (nSPS) is 11.2. The predicted octanol–water partition coefficient (Wildman–Crippen LogP) is 4.05. The zero-order valence-corrected chi connectivity index (χ0v) is 12.7. The van der Waals surface area contributed by atoms with Gasteiger partial charge in [-0.3, -0.25) is 9.79 Å². The number of nitrogens with zero attached hydrogens (tertiary/aromatic N) is 1. The molecule has 0 spiro atoms. The Balaban J connectivity index is 2.36. The van der Waals surface area contributed by atoms with Crippen LogP contribution in [0.15, 0.2) is 64.5 Å². The second-order valence-corrected chi connectivity index (χ2v) is 4.88. The van der Waals surface area contributed by atoms with Crippen molar-refractivity contribution >= 4 is 30.0 Å². The van der Waals surface area contributed by atoms with Crippen LogP contribution in [0.25, 0.3) is 0 Å². The Labute approximate surface area is 130 Å². The summed E-state index contributed by atoms with van der Waals surface area (Å²) in [5.74, 6) is -0.281. The van der Waals surface area contributed by atoms with Crippen LogP contribution in [0.1, 0.15) is 18.9 Å². The second kappa shape index (κ2) is 7.64. The smallest absolute Gasteiger partial charge is 0.311 e. The van der Waals surface area contributed by atoms with Gasteiger partial charge in [0.25, 0.3) is 0 Å². The number of thiol groups is 1. The molecule has 2 aromatic rings. The van der Waals surface area contributed by atoms with Gasteiger partial charge in [0, 0.05) is 4.90 Å². The number of ether oxygens (including phenoxy) is 1. The number of rotatable bonds is 5. The average molecular weight is 299 g/mol. The van der Waals surface area contributed by atoms with Crippen LogP contribution >= 0.6 is 12.6 Å². The van der Waals surface area contributed by atoms with Crippen LogP contribution in [0.2, 0.25) is 0 Å². The van der Waals surface area contributed by atoms with Gasteiger partial charge in [-0.2, -0.15) is 0 Å². The number of benzene rings is 2. The van der Waals surface area contributed by atoms with Gasteiger partial charge >= 0.3 is 5.97 Å². The van der Waals surface area contributed by atoms with Crippen LogP contribution in [0.3, 0.4) is 0 Å². The average Bonchev–Trinajstić information content (AvgIpc) is 2.50. The van der Waals surface area contributed by atoms with Gasteiger partial charge < -0.3 is 4.74 Å². The van der Waals surface area contributed by atoms with Crippen LogP contribution in [0, 0.1) is 0 Å². The maximum absolute atomic E-state index is 11.8. The fraction of sp³-hybridized carbons (Fsp3) is 0.176. The van der Waals surface area contributed by atoms with E-state index in [1.165, 1.54) is 0 Å². The number of para-hydroxylation sites is 1. The maximum Gasteiger partial charge on any atom is 0.311 e. The summed E-state index contributed by atoms with van der Waals surface area (Å²) < 4.78 is 5.02. The minimum atomic E-state index is -0.281. The van der Waals surface area contributed by atoms with E-state index in [0.29, 0.717) is 12.3 Å². The minimum absolute atomic E-state index is 0.139. The van der Waals surface area contributed by atoms with Crippen molar-refractivity contribution in [1.82, 2.24) is 0 Å². The number of carbonyl (C=O) groups excluding carboxylic acids is 1. The van der Waals surface area contributed by atoms with Gasteiger partial charge in [0.15, 0.2) is 0 Å². The van der Waals surface area contributed by atoms with Crippen molar-refractivity contribution < 1.29 is 9.53 Å². The summed E-state index contributed by atoms with van der Waals surface area (Å²) in [5, 5.41) is 0. The summed E-state index contributed by atoms with van der Waals surface area (Å²) in [6.07, 6.45) is 0.139. The van der Waals surface area contributed by atoms with Gasteiger partial charge in [-0.1, -0.05) is 42.5 Å². The molecule has 0 aliphatic carbocycles. The first-order chi connectivity index (χ1) is 10.2. The zero-order valence-electron chi connectivity index (χ0n) is 11.8. The van der Waals surface area contributed by atoms with E-state index in [9.17, 15) is 4.79 Å². The van der Waals surface area contributed by atoms with Crippen molar-refractivity contribution in [2.75, 3.05) is 6.61 Å². The van der Waals surface area contributed by atoms with E-state index in [0.717, 1.165) is 16.1 Å². The van der Waals surface area contributed by atoms with Gasteiger partial charge in [0.05, 0.1) is 24.4 Å². The second-order valence-electron chi connectivity index (χ2n) is 4.40. The van der Waals surface area contributed by atoms with E-state index in [4.69, 9.17) is 4.74 Å². The summed E-state index contributed by atoms with van der Waals surface area (Å²) in [4.78, 5) is 17.1. The molecule has 0 N–H and O–H groups in total. The molecule has 3 nitrogen and oxygen atoms in total. The summed E-state index contributed by atoms with van der Waals surface area (Å²) >= 11 is 4.39. The van der Waals surface area contributed by atoms with E-state index >= 15 is 0 Å². The van der Waals surface area contributed by atoms with E-state index in [1.807, 2.05) is 54.6 Å². The van der Waals surface area contributed by atoms with Crippen molar-refractivity contribution in [1.29, 1.82) is 0 Å². The quantitative estimate of drug-likeness (QED) is 0.514. The van der Waals surface area contributed by atoms with Crippen molar-refractivity contribution in [3.63, 3.8) is 0 Å². The molecule has 2 aromatic carbocycles. The first kappa shape index (κ1) is 15.3. The Morgan fingerprint density at radius 2 is 1.76 bits per heavy atom. The van der Waals surface area contributed by atoms with Crippen molar-refractivity contribution in [2.45, 2.75) is 18.2 Å². The molecule has 2 rings (SSSR count). The SMILES string of the molecule is CCOC(=O)CC(=Nc1ccccc1S)c1ccccc1. The molecular weight excluding hydrogens is 282 g/mol. The molecule has 0 aromatic heterocycles. The van der Waals surface area contributed by atoms with Gasteiger partial charge in [0.1, 0.15) is 0 Å². The van der Waals surface area contributed by atoms with Crippen LogP contribution in [0.5, 0.6) is 0 Å². The monoisotopic (exact) mass is 299 g/mol. The lowest BCUT2D eigenvalue weighted by Gasteiger charge is -2.08. The molecular formula is C17H17NO2S. The summed E-state index contributed by atoms with van der Waals surface area (Å²) in [6.45, 7) is 2.16. The molecule has 0 bridgehead atoms. The number of esters is 1. The molecule has 108 valence electrons. The Hall–Kier alpha value is -2.07. The van der Waals surface area contributed by atoms with Crippen molar-refractivity contribution in [2.24, 2.45) is 4.99 Å². The highest BCUT2D eigenvalue weighted by Gasteiger charge is 2.11. The molecule has 4 heteroatoms. The largest absolute Gasteiger partial charge is 0.466 e. The number of hydrogen-bond donors (Lipinski definition) is 1. The fourth-order valence-electron chi connectivity index (χ4n) is 1.89. The molecule has 0 unspecified atom stereocenters. The van der Waals surface area contributed by atoms with Crippen molar-refractivity contribution in [3.8, 4) is 0 Å². The Kier molecular flexibility index (Phi) is 5.58. The first-order valence-corrected chi connectivity index (χ1v) is 7.22. The Morgan fingerprint density at radius 1 is 1.10 bits per heavy atom. The van der Waals surface area contributed by atoms with Crippen LogP contribution in [-0.4, -0.2) is 18.3 Å². The molecule has 0 amide bonds. The highest BCUT2D eigenvalue weighted by molar-refractivity contribution is 7.80. The number of hydrogen-bond acceptors (Lipinski definition) is 4. The molecule has 0 aliphatic heterocycles. The summed E-state index contributed by atoms with van der Waals surface area (Å²) in [7, 11) is 0. The molecule has 0 heterocycles. The third-order valence-corrected chi connectivity index (χ3v) is 3.24. The van der Waals surface area contributed by atoms with E-state index < -0.39 is 0 Å². The lowest BCUT2D eigenvalue weighted by atomic mass is 10.1. The predicted molar refractivity (Wildman–Crippen MR) is 87.6 cm³/mol. The Morgan fingerprint density at radius 3 is 2.43 bits per heavy atom. The molecule has 0 radical (unpaired) electrons. The molecule has 0 atom stereocenters. The highest BCUT2D eigenvalue weighted by atomic mass is 32.1. The highest BCUT2D eigenvalue weighted by Crippen LogP contribution is 2.23. The fourth-order valence-corrected chi connectivity index (χ4v) is 2.10. The molecule has 21 heavy (non-hydrogen) atoms. The zero-order chi connectivity index (χ0) is 15.1. The molecule has 0 saturated carbocycles. The molecule has 0 saturated heterocycles. The van der Waals surface area contributed by atoms with Crippen LogP contribution in [-0.2, 0) is 9.53 Å². The minimum Gasteiger partial charge on any atom is -0.466 e. The van der Waals surface area contributed by atoms with Gasteiger partial charge in [0.2, 0.25) is 0 Å². The summed E-state index contributed by atoms with van der Waals surface area (Å²) in [6, 6.07) is 17.2. The molecule has 0 aliphatic rings. The topological polar surface area (TPSA) is 38.7 Å². The Bertz CT molecular complexity index is 638. The van der Waals surface area contributed by atoms with Crippen LogP contribution < -0.4 is 0 Å². The molecule has 0 fully saturated rings. The van der Waals surface area contributed by atoms with E-state index in [2.05, 4.69) is 17.6 Å².